The maximum Gasteiger partial charge on any atom is 0.139 e. The molecule has 0 spiro atoms. The van der Waals surface area contributed by atoms with Crippen LogP contribution < -0.4 is 14.8 Å². The van der Waals surface area contributed by atoms with Crippen molar-refractivity contribution in [1.29, 1.82) is 0 Å². The normalized spacial score (nSPS) is 22.8. The Labute approximate surface area is 104 Å². The fraction of sp³-hybridized carbons (Fsp3) is 0.500. The number of benzene rings is 1. The van der Waals surface area contributed by atoms with Crippen molar-refractivity contribution >= 4 is 15.9 Å². The minimum Gasteiger partial charge on any atom is -0.497 e. The van der Waals surface area contributed by atoms with Gasteiger partial charge in [-0.3, -0.25) is 0 Å². The summed E-state index contributed by atoms with van der Waals surface area (Å²) in [5.74, 6) is 1.78. The van der Waals surface area contributed by atoms with E-state index in [0.29, 0.717) is 0 Å². The quantitative estimate of drug-likeness (QED) is 0.926. The van der Waals surface area contributed by atoms with Crippen LogP contribution >= 0.6 is 15.9 Å². The smallest absolute Gasteiger partial charge is 0.139 e. The second-order valence-corrected chi connectivity index (χ2v) is 4.74. The van der Waals surface area contributed by atoms with Gasteiger partial charge in [0.15, 0.2) is 0 Å². The Bertz CT molecular complexity index is 395. The molecule has 1 aromatic carbocycles. The maximum absolute atomic E-state index is 5.84. The van der Waals surface area contributed by atoms with Crippen LogP contribution in [0.15, 0.2) is 16.6 Å². The molecule has 0 aromatic heterocycles. The van der Waals surface area contributed by atoms with Crippen LogP contribution in [-0.4, -0.2) is 19.8 Å². The SMILES string of the molecule is CCNC1c2cc(OC)cc(Br)c2OC1C. The van der Waals surface area contributed by atoms with Gasteiger partial charge in [0.05, 0.1) is 17.6 Å². The topological polar surface area (TPSA) is 30.5 Å². The Morgan fingerprint density at radius 2 is 2.25 bits per heavy atom. The lowest BCUT2D eigenvalue weighted by molar-refractivity contribution is 0.210. The van der Waals surface area contributed by atoms with Crippen molar-refractivity contribution in [1.82, 2.24) is 5.32 Å². The molecule has 0 radical (unpaired) electrons. The summed E-state index contributed by atoms with van der Waals surface area (Å²) in [6.07, 6.45) is 0.151. The second kappa shape index (κ2) is 4.63. The second-order valence-electron chi connectivity index (χ2n) is 3.89. The zero-order chi connectivity index (χ0) is 11.7. The summed E-state index contributed by atoms with van der Waals surface area (Å²) in [7, 11) is 1.68. The first-order chi connectivity index (χ1) is 7.67. The van der Waals surface area contributed by atoms with E-state index in [0.717, 1.165) is 22.5 Å². The number of ether oxygens (including phenoxy) is 2. The fourth-order valence-corrected chi connectivity index (χ4v) is 2.61. The number of hydrogen-bond donors (Lipinski definition) is 1. The summed E-state index contributed by atoms with van der Waals surface area (Å²) in [4.78, 5) is 0. The van der Waals surface area contributed by atoms with Gasteiger partial charge in [-0.1, -0.05) is 6.92 Å². The number of fused-ring (bicyclic) bond motifs is 1. The van der Waals surface area contributed by atoms with Crippen molar-refractivity contribution in [2.45, 2.75) is 26.0 Å². The van der Waals surface area contributed by atoms with Gasteiger partial charge in [0.1, 0.15) is 17.6 Å². The number of rotatable bonds is 3. The first kappa shape index (κ1) is 11.7. The first-order valence-electron chi connectivity index (χ1n) is 5.44. The lowest BCUT2D eigenvalue weighted by atomic mass is 10.0. The molecule has 0 aliphatic carbocycles. The summed E-state index contributed by atoms with van der Waals surface area (Å²) < 4.78 is 12.1. The van der Waals surface area contributed by atoms with Crippen LogP contribution in [-0.2, 0) is 0 Å². The molecule has 2 rings (SSSR count). The van der Waals surface area contributed by atoms with Crippen LogP contribution in [0.4, 0.5) is 0 Å². The molecule has 1 N–H and O–H groups in total. The summed E-state index contributed by atoms with van der Waals surface area (Å²) in [5, 5.41) is 3.43. The van der Waals surface area contributed by atoms with E-state index in [1.807, 2.05) is 12.1 Å². The van der Waals surface area contributed by atoms with E-state index in [2.05, 4.69) is 35.1 Å². The Kier molecular flexibility index (Phi) is 3.40. The van der Waals surface area contributed by atoms with Crippen LogP contribution in [0.25, 0.3) is 0 Å². The largest absolute Gasteiger partial charge is 0.497 e. The van der Waals surface area contributed by atoms with Crippen molar-refractivity contribution in [3.63, 3.8) is 0 Å². The summed E-state index contributed by atoms with van der Waals surface area (Å²) in [6.45, 7) is 5.10. The van der Waals surface area contributed by atoms with Crippen LogP contribution in [0.3, 0.4) is 0 Å². The van der Waals surface area contributed by atoms with Gasteiger partial charge in [-0.25, -0.2) is 0 Å². The molecule has 2 atom stereocenters. The van der Waals surface area contributed by atoms with Gasteiger partial charge in [0.2, 0.25) is 0 Å². The minimum atomic E-state index is 0.151. The summed E-state index contributed by atoms with van der Waals surface area (Å²) in [5.41, 5.74) is 1.17. The molecule has 1 aliphatic heterocycles. The lowest BCUT2D eigenvalue weighted by Crippen LogP contribution is -2.28. The van der Waals surface area contributed by atoms with Crippen LogP contribution in [0.1, 0.15) is 25.5 Å². The highest BCUT2D eigenvalue weighted by molar-refractivity contribution is 9.10. The van der Waals surface area contributed by atoms with Crippen molar-refractivity contribution in [3.8, 4) is 11.5 Å². The molecular formula is C12H16BrNO2. The standard InChI is InChI=1S/C12H16BrNO2/c1-4-14-11-7(2)16-12-9(11)5-8(15-3)6-10(12)13/h5-7,11,14H,4H2,1-3H3. The molecule has 4 heteroatoms. The number of nitrogens with one attached hydrogen (secondary N) is 1. The van der Waals surface area contributed by atoms with Gasteiger partial charge < -0.3 is 14.8 Å². The molecule has 1 aliphatic rings. The summed E-state index contributed by atoms with van der Waals surface area (Å²) in [6, 6.07) is 4.21. The average Bonchev–Trinajstić information content (AvgIpc) is 2.58. The first-order valence-corrected chi connectivity index (χ1v) is 6.24. The van der Waals surface area contributed by atoms with E-state index < -0.39 is 0 Å². The van der Waals surface area contributed by atoms with E-state index >= 15 is 0 Å². The van der Waals surface area contributed by atoms with Gasteiger partial charge >= 0.3 is 0 Å². The van der Waals surface area contributed by atoms with Crippen LogP contribution in [0.2, 0.25) is 0 Å². The number of methoxy groups -OCH3 is 1. The predicted molar refractivity (Wildman–Crippen MR) is 67.2 cm³/mol. The zero-order valence-electron chi connectivity index (χ0n) is 9.71. The molecule has 16 heavy (non-hydrogen) atoms. The number of hydrogen-bond acceptors (Lipinski definition) is 3. The third-order valence-electron chi connectivity index (χ3n) is 2.81. The minimum absolute atomic E-state index is 0.151. The molecule has 88 valence electrons. The molecular weight excluding hydrogens is 270 g/mol. The van der Waals surface area contributed by atoms with Gasteiger partial charge in [0, 0.05) is 5.56 Å². The Balaban J connectivity index is 2.42. The Hall–Kier alpha value is -0.740. The molecule has 1 heterocycles. The number of likely N-dealkylation sites (N-methyl/N-ethyl adjacent to an activating group) is 1. The molecule has 0 saturated heterocycles. The molecule has 1 aromatic rings. The van der Waals surface area contributed by atoms with E-state index in [9.17, 15) is 0 Å². The van der Waals surface area contributed by atoms with E-state index in [4.69, 9.17) is 9.47 Å². The molecule has 3 nitrogen and oxygen atoms in total. The molecule has 0 fully saturated rings. The third kappa shape index (κ3) is 1.92. The van der Waals surface area contributed by atoms with Crippen molar-refractivity contribution < 1.29 is 9.47 Å². The lowest BCUT2D eigenvalue weighted by Gasteiger charge is -2.15. The summed E-state index contributed by atoms with van der Waals surface area (Å²) >= 11 is 3.51. The van der Waals surface area contributed by atoms with E-state index in [1.165, 1.54) is 5.56 Å². The monoisotopic (exact) mass is 285 g/mol. The molecule has 0 amide bonds. The van der Waals surface area contributed by atoms with Gasteiger partial charge in [-0.15, -0.1) is 0 Å². The highest BCUT2D eigenvalue weighted by Crippen LogP contribution is 2.44. The number of halogens is 1. The predicted octanol–water partition coefficient (Wildman–Crippen LogP) is 2.89. The van der Waals surface area contributed by atoms with Crippen molar-refractivity contribution in [2.24, 2.45) is 0 Å². The Morgan fingerprint density at radius 1 is 1.50 bits per heavy atom. The zero-order valence-corrected chi connectivity index (χ0v) is 11.3. The molecule has 0 bridgehead atoms. The Morgan fingerprint density at radius 3 is 2.88 bits per heavy atom. The van der Waals surface area contributed by atoms with Crippen LogP contribution in [0, 0.1) is 0 Å². The average molecular weight is 286 g/mol. The third-order valence-corrected chi connectivity index (χ3v) is 3.40. The van der Waals surface area contributed by atoms with Crippen molar-refractivity contribution in [2.75, 3.05) is 13.7 Å². The van der Waals surface area contributed by atoms with Gasteiger partial charge in [0.25, 0.3) is 0 Å². The van der Waals surface area contributed by atoms with Gasteiger partial charge in [-0.2, -0.15) is 0 Å². The van der Waals surface area contributed by atoms with Crippen LogP contribution in [0.5, 0.6) is 11.5 Å². The highest BCUT2D eigenvalue weighted by Gasteiger charge is 2.32. The maximum atomic E-state index is 5.84. The van der Waals surface area contributed by atoms with Crippen molar-refractivity contribution in [3.05, 3.63) is 22.2 Å². The highest BCUT2D eigenvalue weighted by atomic mass is 79.9. The van der Waals surface area contributed by atoms with Gasteiger partial charge in [-0.05, 0) is 41.5 Å². The van der Waals surface area contributed by atoms with E-state index in [1.54, 1.807) is 7.11 Å². The fourth-order valence-electron chi connectivity index (χ4n) is 2.06. The molecule has 0 saturated carbocycles. The molecule has 2 unspecified atom stereocenters. The van der Waals surface area contributed by atoms with E-state index in [-0.39, 0.29) is 12.1 Å².